The van der Waals surface area contributed by atoms with Gasteiger partial charge in [0.2, 0.25) is 17.7 Å². The minimum Gasteiger partial charge on any atom is -0.508 e. The minimum absolute atomic E-state index is 0.0181. The summed E-state index contributed by atoms with van der Waals surface area (Å²) in [6.07, 6.45) is 3.98. The summed E-state index contributed by atoms with van der Waals surface area (Å²) in [4.78, 5) is 71.7. The van der Waals surface area contributed by atoms with Crippen molar-refractivity contribution < 1.29 is 33.5 Å². The number of nitrogens with one attached hydrogen (secondary N) is 1. The molecule has 10 rings (SSSR count). The van der Waals surface area contributed by atoms with Gasteiger partial charge in [-0.25, -0.2) is 4.39 Å². The van der Waals surface area contributed by atoms with Crippen molar-refractivity contribution in [1.29, 1.82) is 0 Å². The van der Waals surface area contributed by atoms with Crippen LogP contribution in [0.1, 0.15) is 98.0 Å². The van der Waals surface area contributed by atoms with Crippen LogP contribution in [0.5, 0.6) is 5.75 Å². The number of hydrogen-bond acceptors (Lipinski definition) is 8. The first kappa shape index (κ1) is 36.5. The summed E-state index contributed by atoms with van der Waals surface area (Å²) in [7, 11) is 0. The molecular weight excluding hydrogens is 738 g/mol. The Labute approximate surface area is 335 Å². The van der Waals surface area contributed by atoms with Crippen molar-refractivity contribution in [3.63, 3.8) is 0 Å². The number of imide groups is 2. The summed E-state index contributed by atoms with van der Waals surface area (Å²) >= 11 is 0. The third kappa shape index (κ3) is 6.25. The SMILES string of the molecule is O=C1CCC(N2C(=O)c3cc4c(cc3C2=O)CN(C(=O)CN2CCC3(CC2)CN(c2ccc([C@@H]5c6ccc(O)cc6CC[C@@H]5c5ccc(F)cc5)cc2)C3)C4)C(=O)N1. The molecule has 5 aliphatic heterocycles. The number of likely N-dealkylation sites (tertiary alicyclic amines) is 1. The zero-order chi connectivity index (χ0) is 39.9. The molecule has 0 radical (unpaired) electrons. The number of piperidine rings is 2. The molecule has 58 heavy (non-hydrogen) atoms. The quantitative estimate of drug-likeness (QED) is 0.255. The van der Waals surface area contributed by atoms with Crippen LogP contribution < -0.4 is 10.2 Å². The van der Waals surface area contributed by atoms with Gasteiger partial charge in [-0.1, -0.05) is 30.3 Å². The third-order valence-electron chi connectivity index (χ3n) is 13.7. The average molecular weight is 782 g/mol. The Balaban J connectivity index is 0.740. The fourth-order valence-electron chi connectivity index (χ4n) is 10.5. The van der Waals surface area contributed by atoms with Crippen LogP contribution in [-0.4, -0.2) is 88.1 Å². The zero-order valence-electron chi connectivity index (χ0n) is 32.1. The number of aryl methyl sites for hydroxylation is 1. The maximum Gasteiger partial charge on any atom is 0.262 e. The molecule has 0 bridgehead atoms. The van der Waals surface area contributed by atoms with Gasteiger partial charge in [0.05, 0.1) is 17.7 Å². The van der Waals surface area contributed by atoms with Gasteiger partial charge in [-0.2, -0.15) is 0 Å². The number of hydrogen-bond donors (Lipinski definition) is 2. The molecule has 1 unspecified atom stereocenters. The summed E-state index contributed by atoms with van der Waals surface area (Å²) in [5.41, 5.74) is 8.26. The molecule has 3 fully saturated rings. The van der Waals surface area contributed by atoms with E-state index in [1.54, 1.807) is 35.2 Å². The number of anilines is 1. The first-order valence-corrected chi connectivity index (χ1v) is 20.3. The van der Waals surface area contributed by atoms with Crippen molar-refractivity contribution in [3.8, 4) is 5.75 Å². The predicted octanol–water partition coefficient (Wildman–Crippen LogP) is 5.24. The van der Waals surface area contributed by atoms with Crippen LogP contribution in [0, 0.1) is 11.2 Å². The third-order valence-corrected chi connectivity index (χ3v) is 13.7. The van der Waals surface area contributed by atoms with Gasteiger partial charge in [-0.05, 0) is 133 Å². The topological polar surface area (TPSA) is 131 Å². The monoisotopic (exact) mass is 781 g/mol. The van der Waals surface area contributed by atoms with Gasteiger partial charge in [0.15, 0.2) is 0 Å². The van der Waals surface area contributed by atoms with Crippen molar-refractivity contribution >= 4 is 35.2 Å². The molecule has 6 aliphatic rings. The first-order valence-electron chi connectivity index (χ1n) is 20.3. The Kier molecular flexibility index (Phi) is 8.74. The molecule has 1 spiro atoms. The molecule has 1 aliphatic carbocycles. The smallest absolute Gasteiger partial charge is 0.262 e. The Morgan fingerprint density at radius 1 is 0.776 bits per heavy atom. The number of carbonyl (C=O) groups is 5. The average Bonchev–Trinajstić information content (AvgIpc) is 3.74. The van der Waals surface area contributed by atoms with Crippen LogP contribution in [0.25, 0.3) is 0 Å². The highest BCUT2D eigenvalue weighted by Gasteiger charge is 2.47. The number of rotatable bonds is 6. The first-order chi connectivity index (χ1) is 28.0. The largest absolute Gasteiger partial charge is 0.508 e. The van der Waals surface area contributed by atoms with E-state index in [0.29, 0.717) is 19.6 Å². The maximum atomic E-state index is 13.9. The second kappa shape index (κ2) is 13.9. The van der Waals surface area contributed by atoms with Crippen molar-refractivity contribution in [1.82, 2.24) is 20.0 Å². The van der Waals surface area contributed by atoms with Gasteiger partial charge in [0.1, 0.15) is 17.6 Å². The number of fused-ring (bicyclic) bond motifs is 3. The van der Waals surface area contributed by atoms with Gasteiger partial charge in [-0.15, -0.1) is 0 Å². The summed E-state index contributed by atoms with van der Waals surface area (Å²) < 4.78 is 13.9. The molecule has 12 heteroatoms. The Bertz CT molecular complexity index is 2340. The van der Waals surface area contributed by atoms with Crippen LogP contribution >= 0.6 is 0 Å². The lowest BCUT2D eigenvalue weighted by Gasteiger charge is -2.55. The number of phenols is 1. The number of halogens is 1. The summed E-state index contributed by atoms with van der Waals surface area (Å²) in [5.74, 6) is -1.77. The van der Waals surface area contributed by atoms with Gasteiger partial charge >= 0.3 is 0 Å². The van der Waals surface area contributed by atoms with E-state index >= 15 is 0 Å². The number of phenolic OH excluding ortho intramolecular Hbond substituents is 1. The summed E-state index contributed by atoms with van der Waals surface area (Å²) in [6.45, 7) is 4.67. The van der Waals surface area contributed by atoms with E-state index in [2.05, 4.69) is 39.4 Å². The molecule has 11 nitrogen and oxygen atoms in total. The number of aromatic hydroxyl groups is 1. The molecule has 5 amide bonds. The second-order valence-electron chi connectivity index (χ2n) is 17.1. The van der Waals surface area contributed by atoms with E-state index in [4.69, 9.17) is 0 Å². The molecule has 3 atom stereocenters. The standard InChI is InChI=1S/C46H44FN5O6/c47-32-6-1-27(2-7-32)35-11-5-29-19-34(53)10-12-36(29)42(35)28-3-8-33(9-4-28)51-25-46(26-51)15-17-49(18-16-46)24-41(55)50-22-30-20-37-38(21-31(30)23-50)45(58)52(44(37)57)39-13-14-40(54)48-43(39)56/h1-4,6-10,12,19-21,35,39,42,53H,5,11,13-18,22-26H2,(H,48,54,56)/t35-,39?,42+/m1/s1. The lowest BCUT2D eigenvalue weighted by molar-refractivity contribution is -0.136. The Morgan fingerprint density at radius 3 is 2.09 bits per heavy atom. The van der Waals surface area contributed by atoms with Crippen molar-refractivity contribution in [2.24, 2.45) is 5.41 Å². The van der Waals surface area contributed by atoms with E-state index in [1.165, 1.54) is 16.8 Å². The number of carbonyl (C=O) groups excluding carboxylic acids is 5. The van der Waals surface area contributed by atoms with Gasteiger partial charge in [0, 0.05) is 49.6 Å². The molecule has 3 saturated heterocycles. The Morgan fingerprint density at radius 2 is 1.43 bits per heavy atom. The molecule has 5 heterocycles. The van der Waals surface area contributed by atoms with Gasteiger partial charge in [0.25, 0.3) is 11.8 Å². The van der Waals surface area contributed by atoms with Crippen LogP contribution in [0.15, 0.2) is 78.9 Å². The minimum atomic E-state index is -1.01. The zero-order valence-corrected chi connectivity index (χ0v) is 32.1. The van der Waals surface area contributed by atoms with Crippen molar-refractivity contribution in [3.05, 3.63) is 129 Å². The predicted molar refractivity (Wildman–Crippen MR) is 212 cm³/mol. The van der Waals surface area contributed by atoms with E-state index in [1.807, 2.05) is 24.3 Å². The second-order valence-corrected chi connectivity index (χ2v) is 17.1. The summed E-state index contributed by atoms with van der Waals surface area (Å²) in [6, 6.07) is 23.8. The fourth-order valence-corrected chi connectivity index (χ4v) is 10.5. The lowest BCUT2D eigenvalue weighted by Crippen LogP contribution is -2.61. The van der Waals surface area contributed by atoms with E-state index in [-0.39, 0.29) is 58.7 Å². The van der Waals surface area contributed by atoms with E-state index in [0.717, 1.165) is 79.0 Å². The normalized spacial score (nSPS) is 23.7. The molecule has 296 valence electrons. The number of nitrogens with zero attached hydrogens (tertiary/aromatic N) is 4. The lowest BCUT2D eigenvalue weighted by atomic mass is 9.69. The summed E-state index contributed by atoms with van der Waals surface area (Å²) in [5, 5.41) is 12.4. The number of benzene rings is 4. The van der Waals surface area contributed by atoms with Crippen LogP contribution in [0.3, 0.4) is 0 Å². The van der Waals surface area contributed by atoms with Gasteiger partial charge < -0.3 is 14.9 Å². The number of amides is 5. The van der Waals surface area contributed by atoms with Crippen LogP contribution in [-0.2, 0) is 33.9 Å². The molecule has 0 saturated carbocycles. The van der Waals surface area contributed by atoms with Crippen molar-refractivity contribution in [2.45, 2.75) is 69.5 Å². The van der Waals surface area contributed by atoms with Crippen LogP contribution in [0.2, 0.25) is 0 Å². The van der Waals surface area contributed by atoms with Crippen LogP contribution in [0.4, 0.5) is 10.1 Å². The highest BCUT2D eigenvalue weighted by atomic mass is 19.1. The molecule has 4 aromatic carbocycles. The highest BCUT2D eigenvalue weighted by Crippen LogP contribution is 2.48. The fraction of sp³-hybridized carbons (Fsp3) is 0.370. The maximum absolute atomic E-state index is 13.9. The van der Waals surface area contributed by atoms with Gasteiger partial charge in [-0.3, -0.25) is 39.1 Å². The van der Waals surface area contributed by atoms with Crippen molar-refractivity contribution in [2.75, 3.05) is 37.6 Å². The van der Waals surface area contributed by atoms with E-state index in [9.17, 15) is 33.5 Å². The molecule has 0 aromatic heterocycles. The van der Waals surface area contributed by atoms with E-state index < -0.39 is 29.7 Å². The Hall–Kier alpha value is -5.88. The molecule has 2 N–H and O–H groups in total. The highest BCUT2D eigenvalue weighted by molar-refractivity contribution is 6.23. The molecule has 4 aromatic rings. The molecular formula is C46H44FN5O6.